The van der Waals surface area contributed by atoms with Gasteiger partial charge in [-0.3, -0.25) is 4.99 Å². The largest absolute Gasteiger partial charge is 0.478 e. The van der Waals surface area contributed by atoms with Crippen LogP contribution in [0.25, 0.3) is 0 Å². The highest BCUT2D eigenvalue weighted by Gasteiger charge is 2.12. The van der Waals surface area contributed by atoms with E-state index in [9.17, 15) is 4.79 Å². The van der Waals surface area contributed by atoms with Gasteiger partial charge in [-0.05, 0) is 36.2 Å². The molecule has 2 aromatic carbocycles. The van der Waals surface area contributed by atoms with Gasteiger partial charge in [0.25, 0.3) is 0 Å². The lowest BCUT2D eigenvalue weighted by Gasteiger charge is -2.15. The number of rotatable bonds is 4. The molecule has 0 aliphatic rings. The second kappa shape index (κ2) is 8.78. The van der Waals surface area contributed by atoms with Crippen molar-refractivity contribution in [1.29, 1.82) is 0 Å². The Morgan fingerprint density at radius 1 is 1.09 bits per heavy atom. The van der Waals surface area contributed by atoms with Crippen LogP contribution in [0, 0.1) is 0 Å². The van der Waals surface area contributed by atoms with E-state index >= 15 is 0 Å². The molecule has 0 aliphatic carbocycles. The van der Waals surface area contributed by atoms with Crippen LogP contribution in [-0.2, 0) is 0 Å². The van der Waals surface area contributed by atoms with Crippen LogP contribution >= 0.6 is 0 Å². The Kier molecular flexibility index (Phi) is 7.03. The van der Waals surface area contributed by atoms with Crippen molar-refractivity contribution in [1.82, 2.24) is 0 Å². The molecule has 0 bridgehead atoms. The topological polar surface area (TPSA) is 49.7 Å². The number of benzene rings is 2. The number of hydrogen-bond donors (Lipinski definition) is 1. The fourth-order valence-corrected chi connectivity index (χ4v) is 2.20. The fourth-order valence-electron chi connectivity index (χ4n) is 2.20. The molecule has 0 aliphatic heterocycles. The molecular weight excluding hydrogens is 274 g/mol. The molecule has 0 saturated heterocycles. The average Bonchev–Trinajstić information content (AvgIpc) is 2.57. The van der Waals surface area contributed by atoms with E-state index in [2.05, 4.69) is 18.0 Å². The first kappa shape index (κ1) is 17.6. The third-order valence-corrected chi connectivity index (χ3v) is 3.33. The lowest BCUT2D eigenvalue weighted by molar-refractivity contribution is 0.0697. The molecule has 0 radical (unpaired) electrons. The van der Waals surface area contributed by atoms with Crippen molar-refractivity contribution >= 4 is 17.9 Å². The smallest absolute Gasteiger partial charge is 0.335 e. The lowest BCUT2D eigenvalue weighted by Crippen LogP contribution is -1.99. The van der Waals surface area contributed by atoms with Crippen LogP contribution in [0.5, 0.6) is 0 Å². The second-order valence-corrected chi connectivity index (χ2v) is 4.59. The van der Waals surface area contributed by atoms with Gasteiger partial charge in [0.1, 0.15) is 0 Å². The number of carboxylic acids is 1. The summed E-state index contributed by atoms with van der Waals surface area (Å²) < 4.78 is 0. The van der Waals surface area contributed by atoms with Crippen LogP contribution in [0.15, 0.2) is 53.5 Å². The van der Waals surface area contributed by atoms with Crippen molar-refractivity contribution in [3.8, 4) is 0 Å². The Morgan fingerprint density at radius 3 is 2.23 bits per heavy atom. The zero-order chi connectivity index (χ0) is 16.5. The Labute approximate surface area is 132 Å². The van der Waals surface area contributed by atoms with Crippen molar-refractivity contribution in [2.45, 2.75) is 33.6 Å². The average molecular weight is 297 g/mol. The van der Waals surface area contributed by atoms with E-state index in [-0.39, 0.29) is 5.92 Å². The highest BCUT2D eigenvalue weighted by atomic mass is 16.4. The molecule has 1 atom stereocenters. The van der Waals surface area contributed by atoms with Gasteiger partial charge in [-0.1, -0.05) is 51.1 Å². The minimum atomic E-state index is -0.903. The van der Waals surface area contributed by atoms with Gasteiger partial charge in [-0.15, -0.1) is 0 Å². The summed E-state index contributed by atoms with van der Waals surface area (Å²) in [5.74, 6) is -0.738. The van der Waals surface area contributed by atoms with Gasteiger partial charge in [0.2, 0.25) is 0 Å². The van der Waals surface area contributed by atoms with Crippen molar-refractivity contribution in [2.24, 2.45) is 4.99 Å². The number of para-hydroxylation sites is 1. The van der Waals surface area contributed by atoms with E-state index in [1.807, 2.05) is 51.1 Å². The molecule has 0 heterocycles. The number of carbonyl (C=O) groups is 1. The first-order valence-corrected chi connectivity index (χ1v) is 7.54. The fraction of sp³-hybridized carbons (Fsp3) is 0.263. The Morgan fingerprint density at radius 2 is 1.68 bits per heavy atom. The molecule has 0 saturated carbocycles. The number of nitrogens with zero attached hydrogens (tertiary/aromatic N) is 1. The van der Waals surface area contributed by atoms with E-state index < -0.39 is 5.97 Å². The SMILES string of the molecule is CC.CC=Nc1ccccc1C(C)c1ccc(C(=O)O)cc1. The third kappa shape index (κ3) is 4.29. The number of hydrogen-bond acceptors (Lipinski definition) is 2. The van der Waals surface area contributed by atoms with Crippen molar-refractivity contribution in [3.05, 3.63) is 65.2 Å². The van der Waals surface area contributed by atoms with Crippen LogP contribution < -0.4 is 0 Å². The maximum absolute atomic E-state index is 10.9. The molecule has 1 N–H and O–H groups in total. The molecule has 2 aromatic rings. The Balaban J connectivity index is 0.00000116. The molecule has 3 heteroatoms. The summed E-state index contributed by atoms with van der Waals surface area (Å²) in [6.07, 6.45) is 1.78. The number of carboxylic acid groups (broad SMARTS) is 1. The second-order valence-electron chi connectivity index (χ2n) is 4.59. The first-order valence-electron chi connectivity index (χ1n) is 7.54. The van der Waals surface area contributed by atoms with E-state index in [0.717, 1.165) is 16.8 Å². The molecule has 116 valence electrons. The van der Waals surface area contributed by atoms with Crippen molar-refractivity contribution in [3.63, 3.8) is 0 Å². The predicted molar refractivity (Wildman–Crippen MR) is 92.5 cm³/mol. The van der Waals surface area contributed by atoms with Gasteiger partial charge in [-0.25, -0.2) is 4.79 Å². The van der Waals surface area contributed by atoms with Gasteiger partial charge in [0.15, 0.2) is 0 Å². The summed E-state index contributed by atoms with van der Waals surface area (Å²) in [4.78, 5) is 15.3. The minimum Gasteiger partial charge on any atom is -0.478 e. The molecule has 0 fully saturated rings. The number of aromatic carboxylic acids is 1. The summed E-state index contributed by atoms with van der Waals surface area (Å²) >= 11 is 0. The van der Waals surface area contributed by atoms with Gasteiger partial charge >= 0.3 is 5.97 Å². The van der Waals surface area contributed by atoms with Crippen LogP contribution in [-0.4, -0.2) is 17.3 Å². The summed E-state index contributed by atoms with van der Waals surface area (Å²) in [7, 11) is 0. The van der Waals surface area contributed by atoms with Crippen molar-refractivity contribution in [2.75, 3.05) is 0 Å². The van der Waals surface area contributed by atoms with Gasteiger partial charge in [-0.2, -0.15) is 0 Å². The van der Waals surface area contributed by atoms with Gasteiger partial charge in [0.05, 0.1) is 11.3 Å². The summed E-state index contributed by atoms with van der Waals surface area (Å²) in [5.41, 5.74) is 3.47. The monoisotopic (exact) mass is 297 g/mol. The van der Waals surface area contributed by atoms with E-state index in [1.165, 1.54) is 0 Å². The highest BCUT2D eigenvalue weighted by molar-refractivity contribution is 5.87. The zero-order valence-electron chi connectivity index (χ0n) is 13.6. The highest BCUT2D eigenvalue weighted by Crippen LogP contribution is 2.31. The molecule has 2 rings (SSSR count). The summed E-state index contributed by atoms with van der Waals surface area (Å²) in [6.45, 7) is 7.99. The Hall–Kier alpha value is -2.42. The van der Waals surface area contributed by atoms with E-state index in [1.54, 1.807) is 18.3 Å². The van der Waals surface area contributed by atoms with E-state index in [0.29, 0.717) is 5.56 Å². The predicted octanol–water partition coefficient (Wildman–Crippen LogP) is 5.29. The molecule has 22 heavy (non-hydrogen) atoms. The molecule has 0 aromatic heterocycles. The lowest BCUT2D eigenvalue weighted by atomic mass is 9.91. The molecule has 0 amide bonds. The molecule has 1 unspecified atom stereocenters. The maximum Gasteiger partial charge on any atom is 0.335 e. The van der Waals surface area contributed by atoms with Crippen LogP contribution in [0.3, 0.4) is 0 Å². The van der Waals surface area contributed by atoms with Crippen LogP contribution in [0.1, 0.15) is 55.1 Å². The zero-order valence-corrected chi connectivity index (χ0v) is 13.6. The van der Waals surface area contributed by atoms with Gasteiger partial charge < -0.3 is 5.11 Å². The Bertz CT molecular complexity index is 630. The normalized spacial score (nSPS) is 11.6. The molecule has 3 nitrogen and oxygen atoms in total. The van der Waals surface area contributed by atoms with Gasteiger partial charge in [0, 0.05) is 12.1 Å². The minimum absolute atomic E-state index is 0.165. The number of aliphatic imine (C=N–C) groups is 1. The van der Waals surface area contributed by atoms with E-state index in [4.69, 9.17) is 5.11 Å². The summed E-state index contributed by atoms with van der Waals surface area (Å²) in [6, 6.07) is 15.0. The van der Waals surface area contributed by atoms with Crippen LogP contribution in [0.2, 0.25) is 0 Å². The molecular formula is C19H23NO2. The molecule has 0 spiro atoms. The third-order valence-electron chi connectivity index (χ3n) is 3.33. The van der Waals surface area contributed by atoms with Crippen LogP contribution in [0.4, 0.5) is 5.69 Å². The first-order chi connectivity index (χ1) is 10.6. The van der Waals surface area contributed by atoms with Crippen molar-refractivity contribution < 1.29 is 9.90 Å². The quantitative estimate of drug-likeness (QED) is 0.780. The standard InChI is InChI=1S/C17H17NO2.C2H6/c1-3-18-16-7-5-4-6-15(16)12(2)13-8-10-14(11-9-13)17(19)20;1-2/h3-12H,1-2H3,(H,19,20);1-2H3. The summed E-state index contributed by atoms with van der Waals surface area (Å²) in [5, 5.41) is 8.93. The maximum atomic E-state index is 10.9.